The monoisotopic (exact) mass is 228 g/mol. The number of hydrogen-bond acceptors (Lipinski definition) is 3. The third-order valence-corrected chi connectivity index (χ3v) is 3.63. The predicted molar refractivity (Wildman–Crippen MR) is 64.0 cm³/mol. The van der Waals surface area contributed by atoms with Crippen LogP contribution in [0.1, 0.15) is 34.1 Å². The number of ether oxygens (including phenoxy) is 1. The van der Waals surface area contributed by atoms with Gasteiger partial charge in [0.2, 0.25) is 5.91 Å². The first kappa shape index (κ1) is 13.5. The van der Waals surface area contributed by atoms with Gasteiger partial charge in [-0.2, -0.15) is 0 Å². The largest absolute Gasteiger partial charge is 0.379 e. The molecule has 0 radical (unpaired) electrons. The van der Waals surface area contributed by atoms with Crippen LogP contribution < -0.4 is 5.73 Å². The summed E-state index contributed by atoms with van der Waals surface area (Å²) < 4.78 is 5.22. The molecule has 1 fully saturated rings. The fourth-order valence-corrected chi connectivity index (χ4v) is 1.86. The molecule has 0 aromatic heterocycles. The third-order valence-electron chi connectivity index (χ3n) is 3.63. The molecule has 0 aliphatic carbocycles. The summed E-state index contributed by atoms with van der Waals surface area (Å²) in [5.74, 6) is -0.00701. The molecule has 1 amide bonds. The van der Waals surface area contributed by atoms with Crippen molar-refractivity contribution in [3.63, 3.8) is 0 Å². The molecule has 0 saturated carbocycles. The molecule has 0 bridgehead atoms. The highest BCUT2D eigenvalue weighted by molar-refractivity contribution is 5.86. The first-order valence-corrected chi connectivity index (χ1v) is 5.82. The zero-order valence-corrected chi connectivity index (χ0v) is 11.0. The van der Waals surface area contributed by atoms with E-state index in [0.29, 0.717) is 19.6 Å². The molecule has 1 rings (SSSR count). The van der Waals surface area contributed by atoms with E-state index >= 15 is 0 Å². The maximum atomic E-state index is 12.3. The van der Waals surface area contributed by atoms with Crippen molar-refractivity contribution >= 4 is 5.91 Å². The van der Waals surface area contributed by atoms with Crippen LogP contribution in [0.2, 0.25) is 0 Å². The summed E-state index contributed by atoms with van der Waals surface area (Å²) in [6, 6.07) is 0.154. The van der Waals surface area contributed by atoms with Crippen LogP contribution in [0.5, 0.6) is 0 Å². The lowest BCUT2D eigenvalue weighted by Gasteiger charge is -2.38. The van der Waals surface area contributed by atoms with Gasteiger partial charge in [-0.15, -0.1) is 0 Å². The molecule has 1 aliphatic rings. The van der Waals surface area contributed by atoms with Crippen molar-refractivity contribution in [3.8, 4) is 0 Å². The molecular formula is C12H24N2O2. The summed E-state index contributed by atoms with van der Waals surface area (Å²) in [6.07, 6.45) is 0.618. The van der Waals surface area contributed by atoms with E-state index in [-0.39, 0.29) is 17.4 Å². The van der Waals surface area contributed by atoms with Gasteiger partial charge >= 0.3 is 0 Å². The maximum Gasteiger partial charge on any atom is 0.245 e. The topological polar surface area (TPSA) is 55.6 Å². The number of hydrogen-bond donors (Lipinski definition) is 1. The highest BCUT2D eigenvalue weighted by atomic mass is 16.5. The Hall–Kier alpha value is -0.610. The van der Waals surface area contributed by atoms with E-state index in [2.05, 4.69) is 27.7 Å². The minimum Gasteiger partial charge on any atom is -0.379 e. The van der Waals surface area contributed by atoms with Crippen LogP contribution in [-0.2, 0) is 9.53 Å². The molecule has 2 atom stereocenters. The van der Waals surface area contributed by atoms with Crippen molar-refractivity contribution in [2.75, 3.05) is 20.3 Å². The minimum absolute atomic E-state index is 0.00701. The summed E-state index contributed by atoms with van der Waals surface area (Å²) in [5.41, 5.74) is 5.31. The van der Waals surface area contributed by atoms with Gasteiger partial charge in [-0.1, -0.05) is 20.8 Å². The van der Waals surface area contributed by atoms with Crippen LogP contribution in [-0.4, -0.2) is 42.6 Å². The van der Waals surface area contributed by atoms with Gasteiger partial charge in [0.05, 0.1) is 6.61 Å². The fourth-order valence-electron chi connectivity index (χ4n) is 1.86. The van der Waals surface area contributed by atoms with Gasteiger partial charge in [-0.3, -0.25) is 4.79 Å². The van der Waals surface area contributed by atoms with Gasteiger partial charge < -0.3 is 15.4 Å². The van der Waals surface area contributed by atoms with Gasteiger partial charge in [0.15, 0.2) is 0 Å². The Morgan fingerprint density at radius 2 is 2.06 bits per heavy atom. The maximum absolute atomic E-state index is 12.3. The highest BCUT2D eigenvalue weighted by Crippen LogP contribution is 2.26. The van der Waals surface area contributed by atoms with Crippen molar-refractivity contribution in [1.29, 1.82) is 0 Å². The molecule has 2 unspecified atom stereocenters. The fraction of sp³-hybridized carbons (Fsp3) is 0.917. The summed E-state index contributed by atoms with van der Waals surface area (Å²) in [5, 5.41) is 0. The summed E-state index contributed by atoms with van der Waals surface area (Å²) >= 11 is 0. The van der Waals surface area contributed by atoms with E-state index in [9.17, 15) is 4.79 Å². The zero-order chi connectivity index (χ0) is 12.6. The average Bonchev–Trinajstić information content (AvgIpc) is 2.61. The molecule has 4 nitrogen and oxygen atoms in total. The number of likely N-dealkylation sites (N-methyl/N-ethyl adjacent to an activating group) is 1. The van der Waals surface area contributed by atoms with Crippen molar-refractivity contribution in [3.05, 3.63) is 0 Å². The van der Waals surface area contributed by atoms with Crippen LogP contribution in [0.4, 0.5) is 0 Å². The Kier molecular flexibility index (Phi) is 3.65. The highest BCUT2D eigenvalue weighted by Gasteiger charge is 2.42. The second kappa shape index (κ2) is 4.34. The SMILES string of the molecule is CC(N(C)C(=O)C1(N)CCOC1)C(C)(C)C. The molecular weight excluding hydrogens is 204 g/mol. The molecule has 4 heteroatoms. The molecule has 0 aromatic rings. The number of rotatable bonds is 2. The molecule has 0 spiro atoms. The Balaban J connectivity index is 2.74. The number of carbonyl (C=O) groups is 1. The van der Waals surface area contributed by atoms with Crippen molar-refractivity contribution in [1.82, 2.24) is 4.90 Å². The van der Waals surface area contributed by atoms with E-state index in [4.69, 9.17) is 10.5 Å². The Bertz CT molecular complexity index is 265. The smallest absolute Gasteiger partial charge is 0.245 e. The van der Waals surface area contributed by atoms with Crippen LogP contribution >= 0.6 is 0 Å². The summed E-state index contributed by atoms with van der Waals surface area (Å²) in [7, 11) is 1.82. The van der Waals surface area contributed by atoms with E-state index in [0.717, 1.165) is 0 Å². The lowest BCUT2D eigenvalue weighted by atomic mass is 9.86. The van der Waals surface area contributed by atoms with Gasteiger partial charge in [-0.05, 0) is 18.8 Å². The van der Waals surface area contributed by atoms with E-state index in [1.165, 1.54) is 0 Å². The molecule has 1 saturated heterocycles. The Morgan fingerprint density at radius 1 is 1.50 bits per heavy atom. The van der Waals surface area contributed by atoms with E-state index in [1.54, 1.807) is 4.90 Å². The normalized spacial score (nSPS) is 27.9. The molecule has 94 valence electrons. The molecule has 2 N–H and O–H groups in total. The van der Waals surface area contributed by atoms with Gasteiger partial charge in [-0.25, -0.2) is 0 Å². The summed E-state index contributed by atoms with van der Waals surface area (Å²) in [4.78, 5) is 14.0. The molecule has 1 heterocycles. The first-order valence-electron chi connectivity index (χ1n) is 5.82. The molecule has 16 heavy (non-hydrogen) atoms. The van der Waals surface area contributed by atoms with Crippen molar-refractivity contribution < 1.29 is 9.53 Å². The van der Waals surface area contributed by atoms with Crippen LogP contribution in [0.3, 0.4) is 0 Å². The average molecular weight is 228 g/mol. The summed E-state index contributed by atoms with van der Waals surface area (Å²) in [6.45, 7) is 9.34. The predicted octanol–water partition coefficient (Wildman–Crippen LogP) is 0.997. The van der Waals surface area contributed by atoms with Gasteiger partial charge in [0.1, 0.15) is 5.54 Å². The lowest BCUT2D eigenvalue weighted by Crippen LogP contribution is -2.58. The third kappa shape index (κ3) is 2.55. The van der Waals surface area contributed by atoms with Crippen molar-refractivity contribution in [2.45, 2.75) is 45.7 Å². The number of amides is 1. The quantitative estimate of drug-likeness (QED) is 0.767. The van der Waals surface area contributed by atoms with Gasteiger partial charge in [0, 0.05) is 19.7 Å². The number of nitrogens with zero attached hydrogens (tertiary/aromatic N) is 1. The van der Waals surface area contributed by atoms with E-state index < -0.39 is 5.54 Å². The standard InChI is InChI=1S/C12H24N2O2/c1-9(11(2,3)4)14(5)10(15)12(13)6-7-16-8-12/h9H,6-8,13H2,1-5H3. The Morgan fingerprint density at radius 3 is 2.44 bits per heavy atom. The number of carbonyl (C=O) groups excluding carboxylic acids is 1. The molecule has 1 aliphatic heterocycles. The van der Waals surface area contributed by atoms with Crippen molar-refractivity contribution in [2.24, 2.45) is 11.1 Å². The first-order chi connectivity index (χ1) is 7.18. The van der Waals surface area contributed by atoms with Crippen LogP contribution in [0, 0.1) is 5.41 Å². The minimum atomic E-state index is -0.811. The second-order valence-electron chi connectivity index (χ2n) is 5.92. The second-order valence-corrected chi connectivity index (χ2v) is 5.92. The van der Waals surface area contributed by atoms with Crippen LogP contribution in [0.15, 0.2) is 0 Å². The van der Waals surface area contributed by atoms with E-state index in [1.807, 2.05) is 7.05 Å². The van der Waals surface area contributed by atoms with Crippen LogP contribution in [0.25, 0.3) is 0 Å². The zero-order valence-electron chi connectivity index (χ0n) is 11.0. The van der Waals surface area contributed by atoms with Gasteiger partial charge in [0.25, 0.3) is 0 Å². The number of nitrogens with two attached hydrogens (primary N) is 1. The Labute approximate surface area is 98.1 Å². The molecule has 0 aromatic carbocycles. The lowest BCUT2D eigenvalue weighted by molar-refractivity contribution is -0.139.